The summed E-state index contributed by atoms with van der Waals surface area (Å²) < 4.78 is 0. The highest BCUT2D eigenvalue weighted by molar-refractivity contribution is 5.82. The predicted octanol–water partition coefficient (Wildman–Crippen LogP) is 1.22. The summed E-state index contributed by atoms with van der Waals surface area (Å²) >= 11 is 0. The number of hydrogen-bond donors (Lipinski definition) is 2. The van der Waals surface area contributed by atoms with E-state index >= 15 is 0 Å². The molecule has 0 aliphatic rings. The molecule has 0 aromatic heterocycles. The van der Waals surface area contributed by atoms with Gasteiger partial charge in [0, 0.05) is 12.6 Å². The lowest BCUT2D eigenvalue weighted by atomic mass is 10.1. The number of unbranched alkanes of at least 4 members (excludes halogenated alkanes) is 1. The van der Waals surface area contributed by atoms with Crippen molar-refractivity contribution in [2.45, 2.75) is 58.5 Å². The number of hydrogen-bond acceptors (Lipinski definition) is 3. The zero-order valence-corrected chi connectivity index (χ0v) is 11.0. The van der Waals surface area contributed by atoms with Crippen LogP contribution in [0.5, 0.6) is 0 Å². The molecule has 1 amide bonds. The molecule has 0 aromatic carbocycles. The van der Waals surface area contributed by atoms with E-state index in [0.717, 1.165) is 12.8 Å². The number of rotatable bonds is 8. The SMILES string of the molecule is CCCC[C@H](N)C(=O)N(CC)C(C)CC(=O)O. The quantitative estimate of drug-likeness (QED) is 0.672. The second-order valence-electron chi connectivity index (χ2n) is 4.32. The average molecular weight is 244 g/mol. The van der Waals surface area contributed by atoms with E-state index in [0.29, 0.717) is 13.0 Å². The molecule has 17 heavy (non-hydrogen) atoms. The van der Waals surface area contributed by atoms with E-state index < -0.39 is 12.0 Å². The van der Waals surface area contributed by atoms with Crippen molar-refractivity contribution < 1.29 is 14.7 Å². The number of likely N-dealkylation sites (N-methyl/N-ethyl adjacent to an activating group) is 1. The van der Waals surface area contributed by atoms with Crippen LogP contribution in [-0.4, -0.2) is 40.5 Å². The highest BCUT2D eigenvalue weighted by Crippen LogP contribution is 2.09. The Hall–Kier alpha value is -1.10. The molecule has 0 aromatic rings. The lowest BCUT2D eigenvalue weighted by Gasteiger charge is -2.29. The summed E-state index contributed by atoms with van der Waals surface area (Å²) in [4.78, 5) is 24.2. The van der Waals surface area contributed by atoms with Crippen LogP contribution in [0.15, 0.2) is 0 Å². The number of nitrogens with two attached hydrogens (primary N) is 1. The van der Waals surface area contributed by atoms with Crippen LogP contribution in [0.3, 0.4) is 0 Å². The Morgan fingerprint density at radius 3 is 2.35 bits per heavy atom. The molecule has 0 fully saturated rings. The van der Waals surface area contributed by atoms with Crippen LogP contribution >= 0.6 is 0 Å². The van der Waals surface area contributed by atoms with E-state index in [9.17, 15) is 9.59 Å². The van der Waals surface area contributed by atoms with Gasteiger partial charge in [-0.2, -0.15) is 0 Å². The molecule has 0 radical (unpaired) electrons. The van der Waals surface area contributed by atoms with Crippen molar-refractivity contribution in [3.63, 3.8) is 0 Å². The van der Waals surface area contributed by atoms with Gasteiger partial charge in [0.1, 0.15) is 0 Å². The number of nitrogens with zero attached hydrogens (tertiary/aromatic N) is 1. The molecule has 5 nitrogen and oxygen atoms in total. The normalized spacial score (nSPS) is 14.1. The van der Waals surface area contributed by atoms with Gasteiger partial charge in [-0.25, -0.2) is 0 Å². The van der Waals surface area contributed by atoms with E-state index in [1.54, 1.807) is 11.8 Å². The van der Waals surface area contributed by atoms with Crippen molar-refractivity contribution in [2.24, 2.45) is 5.73 Å². The van der Waals surface area contributed by atoms with Gasteiger partial charge in [-0.05, 0) is 20.3 Å². The monoisotopic (exact) mass is 244 g/mol. The first-order valence-corrected chi connectivity index (χ1v) is 6.21. The lowest BCUT2D eigenvalue weighted by Crippen LogP contribution is -2.48. The number of carbonyl (C=O) groups excluding carboxylic acids is 1. The molecule has 0 aliphatic carbocycles. The largest absolute Gasteiger partial charge is 0.481 e. The van der Waals surface area contributed by atoms with Gasteiger partial charge in [0.2, 0.25) is 5.91 Å². The van der Waals surface area contributed by atoms with Crippen molar-refractivity contribution in [1.82, 2.24) is 4.90 Å². The number of carboxylic acid groups (broad SMARTS) is 1. The Bertz CT molecular complexity index is 256. The Balaban J connectivity index is 4.42. The highest BCUT2D eigenvalue weighted by atomic mass is 16.4. The van der Waals surface area contributed by atoms with Crippen LogP contribution < -0.4 is 5.73 Å². The Kier molecular flexibility index (Phi) is 7.54. The molecule has 5 heteroatoms. The molecule has 0 spiro atoms. The molecular formula is C12H24N2O3. The first-order chi connectivity index (χ1) is 7.93. The van der Waals surface area contributed by atoms with Crippen LogP contribution in [0.1, 0.15) is 46.5 Å². The highest BCUT2D eigenvalue weighted by Gasteiger charge is 2.24. The molecule has 0 rings (SSSR count). The fourth-order valence-electron chi connectivity index (χ4n) is 1.81. The maximum absolute atomic E-state index is 12.0. The van der Waals surface area contributed by atoms with E-state index in [1.807, 2.05) is 13.8 Å². The lowest BCUT2D eigenvalue weighted by molar-refractivity contribution is -0.140. The molecule has 0 bridgehead atoms. The summed E-state index contributed by atoms with van der Waals surface area (Å²) in [6.45, 7) is 6.11. The molecule has 0 aliphatic heterocycles. The third-order valence-corrected chi connectivity index (χ3v) is 2.81. The zero-order chi connectivity index (χ0) is 13.4. The Labute approximate surface area is 103 Å². The van der Waals surface area contributed by atoms with Gasteiger partial charge in [0.05, 0.1) is 12.5 Å². The summed E-state index contributed by atoms with van der Waals surface area (Å²) in [6.07, 6.45) is 2.53. The summed E-state index contributed by atoms with van der Waals surface area (Å²) in [7, 11) is 0. The molecule has 3 N–H and O–H groups in total. The minimum atomic E-state index is -0.897. The number of carbonyl (C=O) groups is 2. The summed E-state index contributed by atoms with van der Waals surface area (Å²) in [5.41, 5.74) is 5.81. The van der Waals surface area contributed by atoms with Gasteiger partial charge >= 0.3 is 5.97 Å². The van der Waals surface area contributed by atoms with Crippen LogP contribution in [0.25, 0.3) is 0 Å². The van der Waals surface area contributed by atoms with E-state index in [2.05, 4.69) is 0 Å². The van der Waals surface area contributed by atoms with Crippen molar-refractivity contribution in [3.8, 4) is 0 Å². The van der Waals surface area contributed by atoms with E-state index in [-0.39, 0.29) is 18.4 Å². The molecule has 1 unspecified atom stereocenters. The van der Waals surface area contributed by atoms with Gasteiger partial charge in [-0.1, -0.05) is 19.8 Å². The zero-order valence-electron chi connectivity index (χ0n) is 11.0. The standard InChI is InChI=1S/C12H24N2O3/c1-4-6-7-10(13)12(17)14(5-2)9(3)8-11(15)16/h9-10H,4-8,13H2,1-3H3,(H,15,16)/t9?,10-/m0/s1. The van der Waals surface area contributed by atoms with Gasteiger partial charge in [0.25, 0.3) is 0 Å². The first kappa shape index (κ1) is 15.9. The van der Waals surface area contributed by atoms with Crippen molar-refractivity contribution >= 4 is 11.9 Å². The Morgan fingerprint density at radius 2 is 1.94 bits per heavy atom. The van der Waals surface area contributed by atoms with Crippen LogP contribution in [0.2, 0.25) is 0 Å². The van der Waals surface area contributed by atoms with Gasteiger partial charge in [-0.3, -0.25) is 9.59 Å². The average Bonchev–Trinajstić information content (AvgIpc) is 2.25. The summed E-state index contributed by atoms with van der Waals surface area (Å²) in [6, 6.07) is -0.816. The molecule has 2 atom stereocenters. The third-order valence-electron chi connectivity index (χ3n) is 2.81. The van der Waals surface area contributed by atoms with Crippen LogP contribution in [-0.2, 0) is 9.59 Å². The third kappa shape index (κ3) is 5.68. The molecule has 0 saturated heterocycles. The van der Waals surface area contributed by atoms with Crippen LogP contribution in [0.4, 0.5) is 0 Å². The van der Waals surface area contributed by atoms with Gasteiger partial charge < -0.3 is 15.7 Å². The first-order valence-electron chi connectivity index (χ1n) is 6.21. The predicted molar refractivity (Wildman–Crippen MR) is 66.6 cm³/mol. The van der Waals surface area contributed by atoms with Gasteiger partial charge in [0.15, 0.2) is 0 Å². The molecular weight excluding hydrogens is 220 g/mol. The second kappa shape index (κ2) is 8.06. The maximum atomic E-state index is 12.0. The molecule has 0 saturated carbocycles. The number of carboxylic acids is 1. The maximum Gasteiger partial charge on any atom is 0.305 e. The van der Waals surface area contributed by atoms with E-state index in [1.165, 1.54) is 0 Å². The Morgan fingerprint density at radius 1 is 1.35 bits per heavy atom. The fraction of sp³-hybridized carbons (Fsp3) is 0.833. The molecule has 100 valence electrons. The van der Waals surface area contributed by atoms with E-state index in [4.69, 9.17) is 10.8 Å². The smallest absolute Gasteiger partial charge is 0.305 e. The van der Waals surface area contributed by atoms with Crippen LogP contribution in [0, 0.1) is 0 Å². The number of aliphatic carboxylic acids is 1. The van der Waals surface area contributed by atoms with Gasteiger partial charge in [-0.15, -0.1) is 0 Å². The van der Waals surface area contributed by atoms with Crippen molar-refractivity contribution in [1.29, 1.82) is 0 Å². The molecule has 0 heterocycles. The summed E-state index contributed by atoms with van der Waals surface area (Å²) in [5, 5.41) is 8.72. The van der Waals surface area contributed by atoms with Crippen molar-refractivity contribution in [2.75, 3.05) is 6.54 Å². The topological polar surface area (TPSA) is 83.6 Å². The fourth-order valence-corrected chi connectivity index (χ4v) is 1.81. The second-order valence-corrected chi connectivity index (χ2v) is 4.32. The van der Waals surface area contributed by atoms with Crippen molar-refractivity contribution in [3.05, 3.63) is 0 Å². The summed E-state index contributed by atoms with van der Waals surface area (Å²) in [5.74, 6) is -1.04. The minimum absolute atomic E-state index is 0.0416. The minimum Gasteiger partial charge on any atom is -0.481 e. The number of amides is 1.